The van der Waals surface area contributed by atoms with Gasteiger partial charge < -0.3 is 20.6 Å². The minimum absolute atomic E-state index is 0.0330. The van der Waals surface area contributed by atoms with E-state index in [0.29, 0.717) is 5.56 Å². The molecule has 1 amide bonds. The van der Waals surface area contributed by atoms with Crippen LogP contribution in [-0.4, -0.2) is 39.3 Å². The Kier molecular flexibility index (Phi) is 4.67. The molecule has 4 N–H and O–H groups in total. The van der Waals surface area contributed by atoms with E-state index in [1.165, 1.54) is 19.1 Å². The van der Waals surface area contributed by atoms with Crippen molar-refractivity contribution in [3.63, 3.8) is 0 Å². The molecule has 0 saturated heterocycles. The van der Waals surface area contributed by atoms with Gasteiger partial charge in [-0.05, 0) is 24.6 Å². The first-order chi connectivity index (χ1) is 8.40. The highest BCUT2D eigenvalue weighted by Gasteiger charge is 2.24. The third-order valence-electron chi connectivity index (χ3n) is 2.34. The summed E-state index contributed by atoms with van der Waals surface area (Å²) in [7, 11) is 0. The SMILES string of the molecule is C[C@@H](O)[C@H](NC(=O)Cc1cccc(O)c1)C(=O)O. The van der Waals surface area contributed by atoms with Gasteiger partial charge in [0.1, 0.15) is 5.75 Å². The molecule has 0 spiro atoms. The number of aliphatic hydroxyl groups is 1. The first-order valence-electron chi connectivity index (χ1n) is 5.38. The second-order valence-electron chi connectivity index (χ2n) is 3.97. The van der Waals surface area contributed by atoms with E-state index in [4.69, 9.17) is 5.11 Å². The lowest BCUT2D eigenvalue weighted by molar-refractivity contribution is -0.144. The number of nitrogens with one attached hydrogen (secondary N) is 1. The van der Waals surface area contributed by atoms with Crippen molar-refractivity contribution in [2.75, 3.05) is 0 Å². The van der Waals surface area contributed by atoms with Crippen LogP contribution in [0.25, 0.3) is 0 Å². The van der Waals surface area contributed by atoms with Gasteiger partial charge in [-0.2, -0.15) is 0 Å². The molecular weight excluding hydrogens is 238 g/mol. The van der Waals surface area contributed by atoms with E-state index in [0.717, 1.165) is 0 Å². The van der Waals surface area contributed by atoms with Gasteiger partial charge in [0.25, 0.3) is 0 Å². The molecule has 1 rings (SSSR count). The fourth-order valence-electron chi connectivity index (χ4n) is 1.46. The number of aliphatic carboxylic acids is 1. The van der Waals surface area contributed by atoms with E-state index < -0.39 is 24.0 Å². The molecule has 6 nitrogen and oxygen atoms in total. The van der Waals surface area contributed by atoms with Gasteiger partial charge in [0, 0.05) is 0 Å². The Balaban J connectivity index is 2.63. The molecule has 98 valence electrons. The summed E-state index contributed by atoms with van der Waals surface area (Å²) in [4.78, 5) is 22.3. The van der Waals surface area contributed by atoms with Crippen LogP contribution in [0, 0.1) is 0 Å². The maximum Gasteiger partial charge on any atom is 0.328 e. The lowest BCUT2D eigenvalue weighted by Gasteiger charge is -2.16. The molecule has 0 unspecified atom stereocenters. The topological polar surface area (TPSA) is 107 Å². The van der Waals surface area contributed by atoms with E-state index >= 15 is 0 Å². The Morgan fingerprint density at radius 3 is 2.56 bits per heavy atom. The second kappa shape index (κ2) is 6.02. The first kappa shape index (κ1) is 14.0. The number of phenols is 1. The van der Waals surface area contributed by atoms with Gasteiger partial charge in [-0.25, -0.2) is 4.79 Å². The van der Waals surface area contributed by atoms with Crippen molar-refractivity contribution in [3.05, 3.63) is 29.8 Å². The smallest absolute Gasteiger partial charge is 0.328 e. The van der Waals surface area contributed by atoms with Crippen molar-refractivity contribution >= 4 is 11.9 Å². The minimum atomic E-state index is -1.34. The largest absolute Gasteiger partial charge is 0.508 e. The van der Waals surface area contributed by atoms with Crippen LogP contribution in [0.3, 0.4) is 0 Å². The number of carbonyl (C=O) groups is 2. The van der Waals surface area contributed by atoms with Gasteiger partial charge in [-0.3, -0.25) is 4.79 Å². The molecule has 1 aromatic carbocycles. The number of amides is 1. The summed E-state index contributed by atoms with van der Waals surface area (Å²) in [5.74, 6) is -1.80. The van der Waals surface area contributed by atoms with Crippen LogP contribution in [0.2, 0.25) is 0 Å². The lowest BCUT2D eigenvalue weighted by atomic mass is 10.1. The second-order valence-corrected chi connectivity index (χ2v) is 3.97. The van der Waals surface area contributed by atoms with Gasteiger partial charge in [0.05, 0.1) is 12.5 Å². The lowest BCUT2D eigenvalue weighted by Crippen LogP contribution is -2.48. The molecule has 0 aliphatic rings. The van der Waals surface area contributed by atoms with Gasteiger partial charge in [0.15, 0.2) is 6.04 Å². The molecule has 6 heteroatoms. The Labute approximate surface area is 104 Å². The summed E-state index contributed by atoms with van der Waals surface area (Å²) < 4.78 is 0. The van der Waals surface area contributed by atoms with E-state index in [9.17, 15) is 19.8 Å². The molecule has 0 fully saturated rings. The van der Waals surface area contributed by atoms with Crippen LogP contribution in [0.5, 0.6) is 5.75 Å². The summed E-state index contributed by atoms with van der Waals surface area (Å²) >= 11 is 0. The number of phenolic OH excluding ortho intramolecular Hbond substituents is 1. The molecule has 0 bridgehead atoms. The highest BCUT2D eigenvalue weighted by molar-refractivity contribution is 5.85. The summed E-state index contributed by atoms with van der Waals surface area (Å²) in [5, 5.41) is 29.4. The third kappa shape index (κ3) is 4.06. The molecule has 1 aromatic rings. The number of carbonyl (C=O) groups excluding carboxylic acids is 1. The highest BCUT2D eigenvalue weighted by atomic mass is 16.4. The zero-order valence-corrected chi connectivity index (χ0v) is 9.83. The van der Waals surface area contributed by atoms with Crippen molar-refractivity contribution < 1.29 is 24.9 Å². The predicted molar refractivity (Wildman–Crippen MR) is 63.1 cm³/mol. The molecule has 0 heterocycles. The highest BCUT2D eigenvalue weighted by Crippen LogP contribution is 2.11. The number of carboxylic acid groups (broad SMARTS) is 1. The van der Waals surface area contributed by atoms with Crippen molar-refractivity contribution in [1.29, 1.82) is 0 Å². The molecule has 0 aromatic heterocycles. The van der Waals surface area contributed by atoms with E-state index in [2.05, 4.69) is 5.32 Å². The monoisotopic (exact) mass is 253 g/mol. The van der Waals surface area contributed by atoms with E-state index in [-0.39, 0.29) is 12.2 Å². The number of aliphatic hydroxyl groups excluding tert-OH is 1. The van der Waals surface area contributed by atoms with Crippen LogP contribution in [0.4, 0.5) is 0 Å². The Bertz CT molecular complexity index is 444. The van der Waals surface area contributed by atoms with E-state index in [1.807, 2.05) is 0 Å². The third-order valence-corrected chi connectivity index (χ3v) is 2.34. The van der Waals surface area contributed by atoms with Gasteiger partial charge in [0.2, 0.25) is 5.91 Å². The van der Waals surface area contributed by atoms with Gasteiger partial charge in [-0.15, -0.1) is 0 Å². The molecule has 0 radical (unpaired) electrons. The number of hydrogen-bond donors (Lipinski definition) is 4. The Morgan fingerprint density at radius 1 is 1.39 bits per heavy atom. The van der Waals surface area contributed by atoms with Crippen molar-refractivity contribution in [1.82, 2.24) is 5.32 Å². The molecule has 18 heavy (non-hydrogen) atoms. The fraction of sp³-hybridized carbons (Fsp3) is 0.333. The van der Waals surface area contributed by atoms with Crippen molar-refractivity contribution in [3.8, 4) is 5.75 Å². The fourth-order valence-corrected chi connectivity index (χ4v) is 1.46. The van der Waals surface area contributed by atoms with Crippen LogP contribution < -0.4 is 5.32 Å². The maximum absolute atomic E-state index is 11.6. The molecular formula is C12H15NO5. The van der Waals surface area contributed by atoms with Crippen LogP contribution >= 0.6 is 0 Å². The summed E-state index contributed by atoms with van der Waals surface area (Å²) in [6.45, 7) is 1.29. The molecule has 2 atom stereocenters. The van der Waals surface area contributed by atoms with Crippen molar-refractivity contribution in [2.24, 2.45) is 0 Å². The summed E-state index contributed by atoms with van der Waals surface area (Å²) in [6, 6.07) is 4.77. The predicted octanol–water partition coefficient (Wildman–Crippen LogP) is -0.115. The summed E-state index contributed by atoms with van der Waals surface area (Å²) in [6.07, 6.45) is -1.25. The molecule has 0 aliphatic carbocycles. The maximum atomic E-state index is 11.6. The van der Waals surface area contributed by atoms with Crippen LogP contribution in [0.15, 0.2) is 24.3 Å². The van der Waals surface area contributed by atoms with Crippen molar-refractivity contribution in [2.45, 2.75) is 25.5 Å². The Hall–Kier alpha value is -2.08. The average Bonchev–Trinajstić information content (AvgIpc) is 2.25. The molecule has 0 saturated carbocycles. The minimum Gasteiger partial charge on any atom is -0.508 e. The standard InChI is InChI=1S/C12H15NO5/c1-7(14)11(12(17)18)13-10(16)6-8-3-2-4-9(15)5-8/h2-5,7,11,14-15H,6H2,1H3,(H,13,16)(H,17,18)/t7-,11+/m1/s1. The zero-order chi connectivity index (χ0) is 13.7. The van der Waals surface area contributed by atoms with Gasteiger partial charge >= 0.3 is 5.97 Å². The van der Waals surface area contributed by atoms with E-state index in [1.54, 1.807) is 12.1 Å². The average molecular weight is 253 g/mol. The number of aromatic hydroxyl groups is 1. The van der Waals surface area contributed by atoms with Gasteiger partial charge in [-0.1, -0.05) is 12.1 Å². The first-order valence-corrected chi connectivity index (χ1v) is 5.38. The van der Waals surface area contributed by atoms with Crippen LogP contribution in [-0.2, 0) is 16.0 Å². The quantitative estimate of drug-likeness (QED) is 0.585. The number of hydrogen-bond acceptors (Lipinski definition) is 4. The van der Waals surface area contributed by atoms with Crippen LogP contribution in [0.1, 0.15) is 12.5 Å². The number of rotatable bonds is 5. The molecule has 0 aliphatic heterocycles. The normalized spacial score (nSPS) is 13.7. The Morgan fingerprint density at radius 2 is 2.06 bits per heavy atom. The number of benzene rings is 1. The summed E-state index contributed by atoms with van der Waals surface area (Å²) in [5.41, 5.74) is 0.558. The number of carboxylic acids is 1. The zero-order valence-electron chi connectivity index (χ0n) is 9.83.